The molecule has 0 aromatic carbocycles. The van der Waals surface area contributed by atoms with Gasteiger partial charge in [0, 0.05) is 31.7 Å². The molecule has 5 nitrogen and oxygen atoms in total. The molecule has 1 unspecified atom stereocenters. The first-order valence-corrected chi connectivity index (χ1v) is 6.55. The molecule has 19 heavy (non-hydrogen) atoms. The summed E-state index contributed by atoms with van der Waals surface area (Å²) in [6.07, 6.45) is 2.20. The van der Waals surface area contributed by atoms with E-state index in [4.69, 9.17) is 4.74 Å². The number of aromatic nitrogens is 3. The molecule has 0 spiro atoms. The van der Waals surface area contributed by atoms with E-state index in [1.54, 1.807) is 10.5 Å². The van der Waals surface area contributed by atoms with Gasteiger partial charge in [-0.25, -0.2) is 4.39 Å². The zero-order valence-corrected chi connectivity index (χ0v) is 10.9. The fourth-order valence-corrected chi connectivity index (χ4v) is 2.46. The molecular weight excluding hydrogens is 247 g/mol. The Kier molecular flexibility index (Phi) is 3.44. The second-order valence-corrected chi connectivity index (χ2v) is 4.89. The lowest BCUT2D eigenvalue weighted by Crippen LogP contribution is -2.43. The number of nitrogens with zero attached hydrogens (tertiary/aromatic N) is 4. The number of morpholine rings is 1. The molecule has 102 valence electrons. The minimum atomic E-state index is -0.271. The fraction of sp³-hybridized carbons (Fsp3) is 0.538. The molecule has 1 saturated heterocycles. The minimum Gasteiger partial charge on any atom is -0.379 e. The van der Waals surface area contributed by atoms with Crippen LogP contribution in [0.15, 0.2) is 18.3 Å². The van der Waals surface area contributed by atoms with E-state index in [0.717, 1.165) is 38.5 Å². The molecule has 0 aliphatic carbocycles. The molecule has 1 aliphatic rings. The maximum Gasteiger partial charge on any atom is 0.160 e. The summed E-state index contributed by atoms with van der Waals surface area (Å²) >= 11 is 0. The van der Waals surface area contributed by atoms with Gasteiger partial charge in [-0.15, -0.1) is 10.2 Å². The number of halogens is 1. The van der Waals surface area contributed by atoms with Crippen LogP contribution in [0.5, 0.6) is 0 Å². The van der Waals surface area contributed by atoms with Crippen LogP contribution in [0.4, 0.5) is 4.39 Å². The normalized spacial score (nSPS) is 18.8. The highest BCUT2D eigenvalue weighted by molar-refractivity contribution is 5.37. The first kappa shape index (κ1) is 12.5. The van der Waals surface area contributed by atoms with Gasteiger partial charge in [-0.05, 0) is 19.1 Å². The summed E-state index contributed by atoms with van der Waals surface area (Å²) in [4.78, 5) is 2.36. The van der Waals surface area contributed by atoms with E-state index in [0.29, 0.717) is 11.7 Å². The van der Waals surface area contributed by atoms with Crippen LogP contribution in [0.1, 0.15) is 12.7 Å². The Hall–Kier alpha value is -1.53. The van der Waals surface area contributed by atoms with Crippen molar-refractivity contribution in [3.05, 3.63) is 30.0 Å². The van der Waals surface area contributed by atoms with Crippen LogP contribution < -0.4 is 0 Å². The van der Waals surface area contributed by atoms with Crippen molar-refractivity contribution in [1.82, 2.24) is 19.5 Å². The van der Waals surface area contributed by atoms with Gasteiger partial charge in [0.05, 0.1) is 13.2 Å². The SMILES string of the molecule is CC(Cc1nnc2ccc(F)cn12)N1CCOCC1. The summed E-state index contributed by atoms with van der Waals surface area (Å²) in [7, 11) is 0. The molecule has 2 aromatic rings. The Bertz CT molecular complexity index is 565. The maximum atomic E-state index is 13.3. The van der Waals surface area contributed by atoms with Gasteiger partial charge < -0.3 is 4.74 Å². The summed E-state index contributed by atoms with van der Waals surface area (Å²) in [5.74, 6) is 0.529. The van der Waals surface area contributed by atoms with Gasteiger partial charge in [-0.1, -0.05) is 0 Å². The highest BCUT2D eigenvalue weighted by Crippen LogP contribution is 2.11. The van der Waals surface area contributed by atoms with Crippen LogP contribution >= 0.6 is 0 Å². The first-order chi connectivity index (χ1) is 9.24. The molecule has 1 atom stereocenters. The van der Waals surface area contributed by atoms with Gasteiger partial charge in [0.15, 0.2) is 5.65 Å². The zero-order chi connectivity index (χ0) is 13.2. The van der Waals surface area contributed by atoms with E-state index in [9.17, 15) is 4.39 Å². The Balaban J connectivity index is 1.78. The number of hydrogen-bond donors (Lipinski definition) is 0. The predicted molar refractivity (Wildman–Crippen MR) is 68.5 cm³/mol. The Morgan fingerprint density at radius 3 is 2.89 bits per heavy atom. The van der Waals surface area contributed by atoms with Crippen molar-refractivity contribution in [2.75, 3.05) is 26.3 Å². The van der Waals surface area contributed by atoms with Gasteiger partial charge >= 0.3 is 0 Å². The maximum absolute atomic E-state index is 13.3. The lowest BCUT2D eigenvalue weighted by atomic mass is 10.2. The van der Waals surface area contributed by atoms with Crippen molar-refractivity contribution < 1.29 is 9.13 Å². The van der Waals surface area contributed by atoms with Crippen molar-refractivity contribution in [1.29, 1.82) is 0 Å². The molecule has 0 saturated carbocycles. The van der Waals surface area contributed by atoms with Gasteiger partial charge in [0.2, 0.25) is 0 Å². The van der Waals surface area contributed by atoms with Crippen molar-refractivity contribution in [3.63, 3.8) is 0 Å². The van der Waals surface area contributed by atoms with Crippen molar-refractivity contribution in [3.8, 4) is 0 Å². The molecule has 3 heterocycles. The van der Waals surface area contributed by atoms with Crippen LogP contribution in [0.2, 0.25) is 0 Å². The first-order valence-electron chi connectivity index (χ1n) is 6.55. The van der Waals surface area contributed by atoms with Crippen LogP contribution in [0.25, 0.3) is 5.65 Å². The summed E-state index contributed by atoms with van der Waals surface area (Å²) in [6.45, 7) is 5.59. The monoisotopic (exact) mass is 264 g/mol. The van der Waals surface area contributed by atoms with Crippen LogP contribution in [-0.2, 0) is 11.2 Å². The largest absolute Gasteiger partial charge is 0.379 e. The minimum absolute atomic E-state index is 0.271. The molecule has 0 bridgehead atoms. The average molecular weight is 264 g/mol. The number of rotatable bonds is 3. The van der Waals surface area contributed by atoms with E-state index in [1.165, 1.54) is 12.3 Å². The number of hydrogen-bond acceptors (Lipinski definition) is 4. The lowest BCUT2D eigenvalue weighted by molar-refractivity contribution is 0.0199. The van der Waals surface area contributed by atoms with E-state index < -0.39 is 0 Å². The number of ether oxygens (including phenoxy) is 1. The Labute approximate surface area is 111 Å². The van der Waals surface area contributed by atoms with Gasteiger partial charge in [-0.2, -0.15) is 0 Å². The van der Waals surface area contributed by atoms with Crippen molar-refractivity contribution in [2.45, 2.75) is 19.4 Å². The summed E-state index contributed by atoms with van der Waals surface area (Å²) < 4.78 is 20.4. The average Bonchev–Trinajstić information content (AvgIpc) is 2.82. The Morgan fingerprint density at radius 2 is 2.11 bits per heavy atom. The van der Waals surface area contributed by atoms with Crippen LogP contribution in [0.3, 0.4) is 0 Å². The van der Waals surface area contributed by atoms with E-state index >= 15 is 0 Å². The highest BCUT2D eigenvalue weighted by atomic mass is 19.1. The summed E-state index contributed by atoms with van der Waals surface area (Å²) in [5, 5.41) is 8.22. The third kappa shape index (κ3) is 2.59. The molecule has 6 heteroatoms. The standard InChI is InChI=1S/C13H17FN4O/c1-10(17-4-6-19-7-5-17)8-13-16-15-12-3-2-11(14)9-18(12)13/h2-3,9-10H,4-8H2,1H3. The Morgan fingerprint density at radius 1 is 1.32 bits per heavy atom. The fourth-order valence-electron chi connectivity index (χ4n) is 2.46. The van der Waals surface area contributed by atoms with Crippen LogP contribution in [0, 0.1) is 5.82 Å². The van der Waals surface area contributed by atoms with Gasteiger partial charge in [0.25, 0.3) is 0 Å². The second kappa shape index (κ2) is 5.22. The summed E-state index contributed by atoms with van der Waals surface area (Å²) in [5.41, 5.74) is 0.686. The van der Waals surface area contributed by atoms with Gasteiger partial charge in [0.1, 0.15) is 11.6 Å². The van der Waals surface area contributed by atoms with E-state index in [-0.39, 0.29) is 5.82 Å². The third-order valence-corrected chi connectivity index (χ3v) is 3.58. The quantitative estimate of drug-likeness (QED) is 0.833. The van der Waals surface area contributed by atoms with Crippen molar-refractivity contribution in [2.24, 2.45) is 0 Å². The molecule has 0 amide bonds. The smallest absolute Gasteiger partial charge is 0.160 e. The predicted octanol–water partition coefficient (Wildman–Crippen LogP) is 1.13. The van der Waals surface area contributed by atoms with Crippen LogP contribution in [-0.4, -0.2) is 51.8 Å². The lowest BCUT2D eigenvalue weighted by Gasteiger charge is -2.31. The molecular formula is C13H17FN4O. The molecule has 2 aromatic heterocycles. The molecule has 0 N–H and O–H groups in total. The van der Waals surface area contributed by atoms with Gasteiger partial charge in [-0.3, -0.25) is 9.30 Å². The highest BCUT2D eigenvalue weighted by Gasteiger charge is 2.19. The number of pyridine rings is 1. The second-order valence-electron chi connectivity index (χ2n) is 4.89. The number of fused-ring (bicyclic) bond motifs is 1. The van der Waals surface area contributed by atoms with E-state index in [2.05, 4.69) is 22.0 Å². The van der Waals surface area contributed by atoms with Crippen molar-refractivity contribution >= 4 is 5.65 Å². The third-order valence-electron chi connectivity index (χ3n) is 3.58. The zero-order valence-electron chi connectivity index (χ0n) is 10.9. The summed E-state index contributed by atoms with van der Waals surface area (Å²) in [6, 6.07) is 3.39. The van der Waals surface area contributed by atoms with E-state index in [1.807, 2.05) is 0 Å². The topological polar surface area (TPSA) is 42.7 Å². The molecule has 1 aliphatic heterocycles. The molecule has 3 rings (SSSR count). The molecule has 1 fully saturated rings. The molecule has 0 radical (unpaired) electrons.